The molecular weight excluding hydrogens is 444 g/mol. The molecule has 2 heterocycles. The number of piperidine rings is 1. The van der Waals surface area contributed by atoms with Gasteiger partial charge in [-0.2, -0.15) is 0 Å². The third-order valence-electron chi connectivity index (χ3n) is 7.65. The summed E-state index contributed by atoms with van der Waals surface area (Å²) in [4.78, 5) is 29.5. The predicted molar refractivity (Wildman–Crippen MR) is 134 cm³/mol. The standard InChI is InChI=1S/C28H34N2O5/c1-4-14-30-15-13-27(23-6-5-7-25(32)17-23)18-24(10-12-28(27,20-30)35-21(2)31)29(3)26(33)9-8-22-11-16-34-19-22/h4-9,11,16-17,19,24,32H,1,10,12-15,18,20H2,2-3H3/b9-8+/t24-,27-,28-/m0/s1. The summed E-state index contributed by atoms with van der Waals surface area (Å²) in [6.07, 6.45) is 11.0. The van der Waals surface area contributed by atoms with Gasteiger partial charge in [-0.1, -0.05) is 18.2 Å². The van der Waals surface area contributed by atoms with Crippen molar-refractivity contribution in [2.75, 3.05) is 26.7 Å². The number of carbonyl (C=O) groups is 2. The van der Waals surface area contributed by atoms with Gasteiger partial charge in [0.15, 0.2) is 0 Å². The molecule has 0 bridgehead atoms. The number of phenolic OH excluding ortho intramolecular Hbond substituents is 1. The van der Waals surface area contributed by atoms with Crippen molar-refractivity contribution in [3.8, 4) is 5.75 Å². The van der Waals surface area contributed by atoms with Gasteiger partial charge >= 0.3 is 5.97 Å². The normalized spacial score (nSPS) is 26.7. The predicted octanol–water partition coefficient (Wildman–Crippen LogP) is 4.14. The molecule has 7 heteroatoms. The number of rotatable bonds is 7. The number of phenols is 1. The molecule has 0 radical (unpaired) electrons. The maximum absolute atomic E-state index is 13.1. The van der Waals surface area contributed by atoms with Gasteiger partial charge in [0.25, 0.3) is 0 Å². The van der Waals surface area contributed by atoms with Crippen LogP contribution in [0, 0.1) is 0 Å². The third kappa shape index (κ3) is 4.91. The van der Waals surface area contributed by atoms with E-state index in [9.17, 15) is 14.7 Å². The Morgan fingerprint density at radius 2 is 2.17 bits per heavy atom. The summed E-state index contributed by atoms with van der Waals surface area (Å²) in [6, 6.07) is 9.02. The number of furan rings is 1. The number of carbonyl (C=O) groups excluding carboxylic acids is 2. The number of amides is 1. The summed E-state index contributed by atoms with van der Waals surface area (Å²) in [7, 11) is 1.83. The molecule has 0 unspecified atom stereocenters. The smallest absolute Gasteiger partial charge is 0.303 e. The van der Waals surface area contributed by atoms with E-state index in [2.05, 4.69) is 11.5 Å². The molecule has 1 aliphatic carbocycles. The summed E-state index contributed by atoms with van der Waals surface area (Å²) >= 11 is 0. The first-order chi connectivity index (χ1) is 16.8. The highest BCUT2D eigenvalue weighted by Crippen LogP contribution is 2.54. The van der Waals surface area contributed by atoms with Crippen LogP contribution in [-0.4, -0.2) is 65.1 Å². The number of nitrogens with zero attached hydrogens (tertiary/aromatic N) is 2. The first-order valence-corrected chi connectivity index (χ1v) is 12.1. The van der Waals surface area contributed by atoms with E-state index in [0.29, 0.717) is 32.4 Å². The molecule has 2 fully saturated rings. The first-order valence-electron chi connectivity index (χ1n) is 12.1. The SMILES string of the molecule is C=CCN1CC[C@@]2(c3cccc(O)c3)C[C@@H](N(C)C(=O)/C=C/c3ccoc3)CC[C@]2(OC(C)=O)C1. The van der Waals surface area contributed by atoms with Gasteiger partial charge in [0.1, 0.15) is 11.4 Å². The summed E-state index contributed by atoms with van der Waals surface area (Å²) in [5.41, 5.74) is 0.466. The number of hydrogen-bond acceptors (Lipinski definition) is 6. The molecule has 2 aliphatic rings. The van der Waals surface area contributed by atoms with Crippen LogP contribution in [0.25, 0.3) is 6.08 Å². The topological polar surface area (TPSA) is 83.2 Å². The van der Waals surface area contributed by atoms with E-state index < -0.39 is 11.0 Å². The number of likely N-dealkylation sites (N-methyl/N-ethyl adjacent to an activating group) is 1. The highest BCUT2D eigenvalue weighted by atomic mass is 16.6. The fourth-order valence-corrected chi connectivity index (χ4v) is 5.97. The minimum atomic E-state index is -0.763. The lowest BCUT2D eigenvalue weighted by Gasteiger charge is -2.60. The molecule has 35 heavy (non-hydrogen) atoms. The molecule has 3 atom stereocenters. The Balaban J connectivity index is 1.70. The molecule has 2 aromatic rings. The monoisotopic (exact) mass is 478 g/mol. The van der Waals surface area contributed by atoms with Crippen LogP contribution in [0.5, 0.6) is 5.75 Å². The van der Waals surface area contributed by atoms with Crippen LogP contribution in [0.3, 0.4) is 0 Å². The van der Waals surface area contributed by atoms with Gasteiger partial charge in [-0.3, -0.25) is 14.5 Å². The molecule has 4 rings (SSSR count). The highest BCUT2D eigenvalue weighted by Gasteiger charge is 2.61. The zero-order valence-electron chi connectivity index (χ0n) is 20.5. The lowest BCUT2D eigenvalue weighted by molar-refractivity contribution is -0.189. The first kappa shape index (κ1) is 24.8. The number of aromatic hydroxyl groups is 1. The molecule has 1 saturated heterocycles. The second-order valence-corrected chi connectivity index (χ2v) is 9.73. The molecule has 186 valence electrons. The Bertz CT molecular complexity index is 1090. The Kier molecular flexibility index (Phi) is 7.17. The summed E-state index contributed by atoms with van der Waals surface area (Å²) < 4.78 is 11.3. The Morgan fingerprint density at radius 3 is 2.86 bits per heavy atom. The van der Waals surface area contributed by atoms with Crippen molar-refractivity contribution in [3.63, 3.8) is 0 Å². The number of esters is 1. The highest BCUT2D eigenvalue weighted by molar-refractivity contribution is 5.91. The van der Waals surface area contributed by atoms with E-state index >= 15 is 0 Å². The van der Waals surface area contributed by atoms with Crippen molar-refractivity contribution in [1.82, 2.24) is 9.80 Å². The summed E-state index contributed by atoms with van der Waals surface area (Å²) in [5.74, 6) is -0.232. The Morgan fingerprint density at radius 1 is 1.34 bits per heavy atom. The van der Waals surface area contributed by atoms with Gasteiger partial charge in [0.2, 0.25) is 5.91 Å². The maximum atomic E-state index is 13.1. The fraction of sp³-hybridized carbons (Fsp3) is 0.429. The third-order valence-corrected chi connectivity index (χ3v) is 7.65. The van der Waals surface area contributed by atoms with E-state index in [1.807, 2.05) is 25.3 Å². The molecular formula is C28H34N2O5. The van der Waals surface area contributed by atoms with E-state index in [1.54, 1.807) is 47.8 Å². The van der Waals surface area contributed by atoms with Crippen molar-refractivity contribution in [3.05, 3.63) is 72.7 Å². The number of ether oxygens (including phenoxy) is 1. The average molecular weight is 479 g/mol. The number of fused-ring (bicyclic) bond motifs is 1. The zero-order chi connectivity index (χ0) is 25.1. The minimum absolute atomic E-state index is 0.0477. The van der Waals surface area contributed by atoms with E-state index in [4.69, 9.17) is 9.15 Å². The lowest BCUT2D eigenvalue weighted by Crippen LogP contribution is -2.68. The molecule has 1 saturated carbocycles. The van der Waals surface area contributed by atoms with Crippen molar-refractivity contribution < 1.29 is 23.8 Å². The largest absolute Gasteiger partial charge is 0.508 e. The average Bonchev–Trinajstić information content (AvgIpc) is 3.35. The molecule has 1 N–H and O–H groups in total. The van der Waals surface area contributed by atoms with Crippen LogP contribution in [0.4, 0.5) is 0 Å². The van der Waals surface area contributed by atoms with Crippen molar-refractivity contribution in [2.45, 2.75) is 49.7 Å². The Hall–Kier alpha value is -3.32. The van der Waals surface area contributed by atoms with E-state index in [1.165, 1.54) is 6.92 Å². The van der Waals surface area contributed by atoms with Crippen LogP contribution in [0.1, 0.15) is 43.7 Å². The number of benzene rings is 1. The van der Waals surface area contributed by atoms with Crippen molar-refractivity contribution >= 4 is 18.0 Å². The minimum Gasteiger partial charge on any atom is -0.508 e. The number of hydrogen-bond donors (Lipinski definition) is 1. The van der Waals surface area contributed by atoms with Gasteiger partial charge in [0, 0.05) is 50.2 Å². The van der Waals surface area contributed by atoms with Gasteiger partial charge in [-0.15, -0.1) is 6.58 Å². The molecule has 1 aliphatic heterocycles. The van der Waals surface area contributed by atoms with Crippen LogP contribution in [0.15, 0.2) is 66.0 Å². The van der Waals surface area contributed by atoms with Gasteiger partial charge in [-0.05, 0) is 62.1 Å². The van der Waals surface area contributed by atoms with E-state index in [-0.39, 0.29) is 23.7 Å². The van der Waals surface area contributed by atoms with Gasteiger partial charge in [-0.25, -0.2) is 0 Å². The molecule has 0 spiro atoms. The lowest BCUT2D eigenvalue weighted by atomic mass is 9.55. The number of likely N-dealkylation sites (tertiary alicyclic amines) is 1. The van der Waals surface area contributed by atoms with Crippen LogP contribution in [0.2, 0.25) is 0 Å². The Labute approximate surface area is 206 Å². The fourth-order valence-electron chi connectivity index (χ4n) is 5.97. The molecule has 1 amide bonds. The van der Waals surface area contributed by atoms with Gasteiger partial charge < -0.3 is 19.2 Å². The molecule has 1 aromatic carbocycles. The summed E-state index contributed by atoms with van der Waals surface area (Å²) in [6.45, 7) is 7.43. The van der Waals surface area contributed by atoms with Gasteiger partial charge in [0.05, 0.1) is 12.5 Å². The van der Waals surface area contributed by atoms with E-state index in [0.717, 1.165) is 24.1 Å². The molecule has 1 aromatic heterocycles. The van der Waals surface area contributed by atoms with Crippen molar-refractivity contribution in [2.24, 2.45) is 0 Å². The summed E-state index contributed by atoms with van der Waals surface area (Å²) in [5, 5.41) is 10.3. The quantitative estimate of drug-likeness (QED) is 0.366. The van der Waals surface area contributed by atoms with Crippen LogP contribution < -0.4 is 0 Å². The van der Waals surface area contributed by atoms with Crippen LogP contribution >= 0.6 is 0 Å². The second-order valence-electron chi connectivity index (χ2n) is 9.73. The second kappa shape index (κ2) is 10.1. The van der Waals surface area contributed by atoms with Crippen LogP contribution in [-0.2, 0) is 19.7 Å². The zero-order valence-corrected chi connectivity index (χ0v) is 20.5. The molecule has 7 nitrogen and oxygen atoms in total. The maximum Gasteiger partial charge on any atom is 0.303 e. The van der Waals surface area contributed by atoms with Crippen molar-refractivity contribution in [1.29, 1.82) is 0 Å².